The first-order valence-corrected chi connectivity index (χ1v) is 8.10. The average molecular weight is 358 g/mol. The molecular formula is C15H17BrFNOS. The van der Waals surface area contributed by atoms with Crippen molar-refractivity contribution in [2.75, 3.05) is 0 Å². The van der Waals surface area contributed by atoms with Gasteiger partial charge >= 0.3 is 0 Å². The maximum Gasteiger partial charge on any atom is 0.165 e. The van der Waals surface area contributed by atoms with Crippen molar-refractivity contribution < 1.29 is 9.13 Å². The maximum atomic E-state index is 13.9. The normalized spacial score (nSPS) is 11.1. The van der Waals surface area contributed by atoms with Gasteiger partial charge in [0.2, 0.25) is 0 Å². The second-order valence-electron chi connectivity index (χ2n) is 4.74. The first-order valence-electron chi connectivity index (χ1n) is 6.43. The number of benzene rings is 1. The highest BCUT2D eigenvalue weighted by Gasteiger charge is 2.11. The molecule has 0 aliphatic rings. The summed E-state index contributed by atoms with van der Waals surface area (Å²) in [5.74, 6) is 0.0154. The molecule has 0 fully saturated rings. The van der Waals surface area contributed by atoms with Crippen LogP contribution in [0.2, 0.25) is 0 Å². The van der Waals surface area contributed by atoms with Crippen LogP contribution < -0.4 is 10.1 Å². The van der Waals surface area contributed by atoms with Gasteiger partial charge in [-0.05, 0) is 33.4 Å². The van der Waals surface area contributed by atoms with Crippen molar-refractivity contribution in [1.29, 1.82) is 0 Å². The van der Waals surface area contributed by atoms with Crippen LogP contribution >= 0.6 is 27.3 Å². The highest BCUT2D eigenvalue weighted by Crippen LogP contribution is 2.27. The maximum absolute atomic E-state index is 13.9. The summed E-state index contributed by atoms with van der Waals surface area (Å²) >= 11 is 5.04. The van der Waals surface area contributed by atoms with Gasteiger partial charge in [0.1, 0.15) is 6.61 Å². The topological polar surface area (TPSA) is 21.3 Å². The van der Waals surface area contributed by atoms with Crippen LogP contribution in [-0.4, -0.2) is 6.04 Å². The lowest BCUT2D eigenvalue weighted by Crippen LogP contribution is -2.22. The summed E-state index contributed by atoms with van der Waals surface area (Å²) in [5, 5.41) is 5.26. The number of para-hydroxylation sites is 1. The van der Waals surface area contributed by atoms with E-state index in [1.165, 1.54) is 6.07 Å². The van der Waals surface area contributed by atoms with E-state index in [2.05, 4.69) is 35.1 Å². The molecule has 0 bridgehead atoms. The Morgan fingerprint density at radius 1 is 1.35 bits per heavy atom. The summed E-state index contributed by atoms with van der Waals surface area (Å²) in [6, 6.07) is 7.33. The fourth-order valence-electron chi connectivity index (χ4n) is 1.73. The number of hydrogen-bond donors (Lipinski definition) is 1. The average Bonchev–Trinajstić information content (AvgIpc) is 2.81. The second-order valence-corrected chi connectivity index (χ2v) is 6.60. The van der Waals surface area contributed by atoms with Crippen molar-refractivity contribution in [3.8, 4) is 5.75 Å². The van der Waals surface area contributed by atoms with Gasteiger partial charge in [-0.3, -0.25) is 0 Å². The summed E-state index contributed by atoms with van der Waals surface area (Å²) in [6.45, 7) is 5.08. The Balaban J connectivity index is 2.11. The molecule has 2 nitrogen and oxygen atoms in total. The van der Waals surface area contributed by atoms with Gasteiger partial charge in [0.25, 0.3) is 0 Å². The molecule has 20 heavy (non-hydrogen) atoms. The Kier molecular flexibility index (Phi) is 5.57. The van der Waals surface area contributed by atoms with Crippen LogP contribution in [0.5, 0.6) is 5.75 Å². The summed E-state index contributed by atoms with van der Waals surface area (Å²) in [5.41, 5.74) is 0.839. The van der Waals surface area contributed by atoms with E-state index in [1.807, 2.05) is 17.5 Å². The lowest BCUT2D eigenvalue weighted by Gasteiger charge is -2.14. The van der Waals surface area contributed by atoms with E-state index >= 15 is 0 Å². The molecule has 0 radical (unpaired) electrons. The van der Waals surface area contributed by atoms with Gasteiger partial charge in [-0.1, -0.05) is 26.0 Å². The minimum absolute atomic E-state index is 0.319. The van der Waals surface area contributed by atoms with E-state index in [-0.39, 0.29) is 5.82 Å². The predicted molar refractivity (Wildman–Crippen MR) is 84.7 cm³/mol. The fourth-order valence-corrected chi connectivity index (χ4v) is 3.11. The SMILES string of the molecule is CC(C)NCc1cccc(F)c1OCc1sccc1Br. The van der Waals surface area contributed by atoms with Gasteiger partial charge in [0, 0.05) is 22.6 Å². The molecule has 0 aliphatic heterocycles. The number of nitrogens with one attached hydrogen (secondary N) is 1. The first kappa shape index (κ1) is 15.5. The smallest absolute Gasteiger partial charge is 0.165 e. The molecule has 0 atom stereocenters. The van der Waals surface area contributed by atoms with E-state index in [1.54, 1.807) is 17.4 Å². The van der Waals surface area contributed by atoms with E-state index < -0.39 is 0 Å². The van der Waals surface area contributed by atoms with Crippen LogP contribution in [0.15, 0.2) is 34.1 Å². The van der Waals surface area contributed by atoms with Crippen molar-refractivity contribution in [2.45, 2.75) is 33.0 Å². The predicted octanol–water partition coefficient (Wildman–Crippen LogP) is 4.73. The van der Waals surface area contributed by atoms with Gasteiger partial charge in [-0.2, -0.15) is 0 Å². The first-order chi connectivity index (χ1) is 9.58. The molecule has 1 aromatic carbocycles. The van der Waals surface area contributed by atoms with E-state index in [4.69, 9.17) is 4.74 Å². The molecule has 1 aromatic heterocycles. The second kappa shape index (κ2) is 7.20. The molecule has 0 spiro atoms. The van der Waals surface area contributed by atoms with E-state index in [9.17, 15) is 4.39 Å². The molecule has 0 unspecified atom stereocenters. The van der Waals surface area contributed by atoms with Crippen LogP contribution in [0.4, 0.5) is 4.39 Å². The molecule has 0 saturated carbocycles. The van der Waals surface area contributed by atoms with Gasteiger partial charge in [-0.15, -0.1) is 11.3 Å². The Morgan fingerprint density at radius 2 is 2.15 bits per heavy atom. The highest BCUT2D eigenvalue weighted by molar-refractivity contribution is 9.10. The molecule has 0 amide bonds. The Morgan fingerprint density at radius 3 is 2.80 bits per heavy atom. The van der Waals surface area contributed by atoms with Crippen molar-refractivity contribution in [3.63, 3.8) is 0 Å². The highest BCUT2D eigenvalue weighted by atomic mass is 79.9. The van der Waals surface area contributed by atoms with Gasteiger partial charge < -0.3 is 10.1 Å². The van der Waals surface area contributed by atoms with Crippen LogP contribution in [-0.2, 0) is 13.2 Å². The van der Waals surface area contributed by atoms with Crippen LogP contribution in [0.25, 0.3) is 0 Å². The zero-order valence-electron chi connectivity index (χ0n) is 11.5. The zero-order chi connectivity index (χ0) is 14.5. The largest absolute Gasteiger partial charge is 0.485 e. The molecule has 2 aromatic rings. The molecule has 1 heterocycles. The van der Waals surface area contributed by atoms with Crippen molar-refractivity contribution in [1.82, 2.24) is 5.32 Å². The third kappa shape index (κ3) is 4.04. The third-order valence-corrected chi connectivity index (χ3v) is 4.69. The Hall–Kier alpha value is -0.910. The zero-order valence-corrected chi connectivity index (χ0v) is 13.9. The summed E-state index contributed by atoms with van der Waals surface area (Å²) < 4.78 is 20.6. The number of ether oxygens (including phenoxy) is 1. The molecule has 5 heteroatoms. The number of thiophene rings is 1. The quantitative estimate of drug-likeness (QED) is 0.806. The summed E-state index contributed by atoms with van der Waals surface area (Å²) in [7, 11) is 0. The van der Waals surface area contributed by atoms with Crippen LogP contribution in [0, 0.1) is 5.82 Å². The number of hydrogen-bond acceptors (Lipinski definition) is 3. The fraction of sp³-hybridized carbons (Fsp3) is 0.333. The monoisotopic (exact) mass is 357 g/mol. The van der Waals surface area contributed by atoms with Crippen LogP contribution in [0.3, 0.4) is 0 Å². The Labute approximate surface area is 131 Å². The van der Waals surface area contributed by atoms with Crippen LogP contribution in [0.1, 0.15) is 24.3 Å². The number of halogens is 2. The van der Waals surface area contributed by atoms with Crippen molar-refractivity contribution in [3.05, 3.63) is 50.4 Å². The third-order valence-electron chi connectivity index (χ3n) is 2.79. The molecular weight excluding hydrogens is 341 g/mol. The summed E-state index contributed by atoms with van der Waals surface area (Å²) in [6.07, 6.45) is 0. The molecule has 0 saturated heterocycles. The number of rotatable bonds is 6. The van der Waals surface area contributed by atoms with E-state index in [0.29, 0.717) is 24.9 Å². The molecule has 108 valence electrons. The molecule has 0 aliphatic carbocycles. The van der Waals surface area contributed by atoms with Gasteiger partial charge in [0.05, 0.1) is 4.88 Å². The standard InChI is InChI=1S/C15H17BrFNOS/c1-10(2)18-8-11-4-3-5-13(17)15(11)19-9-14-12(16)6-7-20-14/h3-7,10,18H,8-9H2,1-2H3. The van der Waals surface area contributed by atoms with E-state index in [0.717, 1.165) is 14.9 Å². The van der Waals surface area contributed by atoms with Gasteiger partial charge in [0.15, 0.2) is 11.6 Å². The minimum Gasteiger partial charge on any atom is -0.485 e. The van der Waals surface area contributed by atoms with Gasteiger partial charge in [-0.25, -0.2) is 4.39 Å². The Bertz CT molecular complexity index is 571. The minimum atomic E-state index is -0.319. The lowest BCUT2D eigenvalue weighted by molar-refractivity contribution is 0.288. The summed E-state index contributed by atoms with van der Waals surface area (Å²) in [4.78, 5) is 1.05. The lowest BCUT2D eigenvalue weighted by atomic mass is 10.2. The molecule has 2 rings (SSSR count). The van der Waals surface area contributed by atoms with Crippen molar-refractivity contribution in [2.24, 2.45) is 0 Å². The van der Waals surface area contributed by atoms with Crippen molar-refractivity contribution >= 4 is 27.3 Å². The molecule has 1 N–H and O–H groups in total.